The summed E-state index contributed by atoms with van der Waals surface area (Å²) in [5, 5.41) is 9.29. The number of para-hydroxylation sites is 1. The van der Waals surface area contributed by atoms with Crippen molar-refractivity contribution < 1.29 is 14.6 Å². The van der Waals surface area contributed by atoms with Crippen LogP contribution >= 0.6 is 0 Å². The average Bonchev–Trinajstić information content (AvgIpc) is 2.33. The summed E-state index contributed by atoms with van der Waals surface area (Å²) in [5.74, 6) is -0.123. The largest absolute Gasteiger partial charge is 0.492 e. The Labute approximate surface area is 115 Å². The molecule has 1 atom stereocenters. The SMILES string of the molecule is CCC(C)c1cccc(C(=O)O)c1OCC(C)(C)C. The van der Waals surface area contributed by atoms with Crippen LogP contribution in [0.1, 0.15) is 62.9 Å². The van der Waals surface area contributed by atoms with Crippen LogP contribution in [0.3, 0.4) is 0 Å². The number of aromatic carboxylic acids is 1. The molecule has 19 heavy (non-hydrogen) atoms. The second kappa shape index (κ2) is 6.09. The van der Waals surface area contributed by atoms with Crippen LogP contribution in [-0.2, 0) is 0 Å². The first kappa shape index (κ1) is 15.5. The molecule has 106 valence electrons. The zero-order valence-corrected chi connectivity index (χ0v) is 12.5. The third kappa shape index (κ3) is 4.27. The fourth-order valence-corrected chi connectivity index (χ4v) is 1.78. The monoisotopic (exact) mass is 264 g/mol. The molecular weight excluding hydrogens is 240 g/mol. The zero-order chi connectivity index (χ0) is 14.6. The highest BCUT2D eigenvalue weighted by Crippen LogP contribution is 2.33. The van der Waals surface area contributed by atoms with Gasteiger partial charge in [-0.05, 0) is 29.4 Å². The van der Waals surface area contributed by atoms with E-state index in [9.17, 15) is 9.90 Å². The summed E-state index contributed by atoms with van der Waals surface area (Å²) in [5.41, 5.74) is 1.23. The molecule has 0 saturated heterocycles. The number of carboxylic acids is 1. The topological polar surface area (TPSA) is 46.5 Å². The normalized spacial score (nSPS) is 13.1. The first-order valence-electron chi connectivity index (χ1n) is 6.75. The van der Waals surface area contributed by atoms with E-state index in [1.807, 2.05) is 6.07 Å². The lowest BCUT2D eigenvalue weighted by Crippen LogP contribution is -2.19. The Hall–Kier alpha value is -1.51. The summed E-state index contributed by atoms with van der Waals surface area (Å²) in [6, 6.07) is 5.35. The van der Waals surface area contributed by atoms with E-state index in [1.54, 1.807) is 12.1 Å². The van der Waals surface area contributed by atoms with Crippen LogP contribution in [0.15, 0.2) is 18.2 Å². The molecule has 1 aromatic carbocycles. The molecule has 0 saturated carbocycles. The third-order valence-corrected chi connectivity index (χ3v) is 3.07. The number of carbonyl (C=O) groups is 1. The van der Waals surface area contributed by atoms with Crippen molar-refractivity contribution in [1.29, 1.82) is 0 Å². The molecular formula is C16H24O3. The summed E-state index contributed by atoms with van der Waals surface area (Å²) >= 11 is 0. The molecule has 0 bridgehead atoms. The Bertz CT molecular complexity index is 444. The molecule has 1 unspecified atom stereocenters. The Morgan fingerprint density at radius 1 is 1.37 bits per heavy atom. The van der Waals surface area contributed by atoms with E-state index in [0.29, 0.717) is 12.4 Å². The number of benzene rings is 1. The minimum absolute atomic E-state index is 0.00165. The van der Waals surface area contributed by atoms with Gasteiger partial charge in [0, 0.05) is 0 Å². The maximum atomic E-state index is 11.3. The molecule has 0 aliphatic rings. The third-order valence-electron chi connectivity index (χ3n) is 3.07. The lowest BCUT2D eigenvalue weighted by molar-refractivity contribution is 0.0689. The fraction of sp³-hybridized carbons (Fsp3) is 0.562. The number of ether oxygens (including phenoxy) is 1. The van der Waals surface area contributed by atoms with Crippen molar-refractivity contribution in [3.63, 3.8) is 0 Å². The van der Waals surface area contributed by atoms with Crippen LogP contribution in [0.4, 0.5) is 0 Å². The summed E-state index contributed by atoms with van der Waals surface area (Å²) < 4.78 is 5.84. The number of carboxylic acid groups (broad SMARTS) is 1. The Morgan fingerprint density at radius 3 is 2.47 bits per heavy atom. The first-order chi connectivity index (χ1) is 8.76. The molecule has 0 heterocycles. The molecule has 0 aromatic heterocycles. The van der Waals surface area contributed by atoms with E-state index in [1.165, 1.54) is 0 Å². The second-order valence-corrected chi connectivity index (χ2v) is 6.19. The van der Waals surface area contributed by atoms with E-state index in [4.69, 9.17) is 4.74 Å². The minimum atomic E-state index is -0.936. The summed E-state index contributed by atoms with van der Waals surface area (Å²) in [6.45, 7) is 10.9. The van der Waals surface area contributed by atoms with Gasteiger partial charge in [-0.3, -0.25) is 0 Å². The maximum Gasteiger partial charge on any atom is 0.339 e. The molecule has 1 rings (SSSR count). The molecule has 1 aromatic rings. The van der Waals surface area contributed by atoms with Crippen LogP contribution in [0, 0.1) is 5.41 Å². The van der Waals surface area contributed by atoms with E-state index >= 15 is 0 Å². The molecule has 0 aliphatic carbocycles. The van der Waals surface area contributed by atoms with E-state index in [2.05, 4.69) is 34.6 Å². The lowest BCUT2D eigenvalue weighted by Gasteiger charge is -2.23. The summed E-state index contributed by atoms with van der Waals surface area (Å²) in [7, 11) is 0. The highest BCUT2D eigenvalue weighted by molar-refractivity contribution is 5.91. The van der Waals surface area contributed by atoms with Gasteiger partial charge in [0.05, 0.1) is 6.61 Å². The van der Waals surface area contributed by atoms with Crippen molar-refractivity contribution in [3.05, 3.63) is 29.3 Å². The molecule has 0 spiro atoms. The van der Waals surface area contributed by atoms with Crippen LogP contribution in [-0.4, -0.2) is 17.7 Å². The molecule has 0 fully saturated rings. The van der Waals surface area contributed by atoms with Crippen molar-refractivity contribution in [3.8, 4) is 5.75 Å². The predicted octanol–water partition coefficient (Wildman–Crippen LogP) is 4.32. The van der Waals surface area contributed by atoms with Crippen LogP contribution in [0.2, 0.25) is 0 Å². The Morgan fingerprint density at radius 2 is 2.00 bits per heavy atom. The van der Waals surface area contributed by atoms with Gasteiger partial charge < -0.3 is 9.84 Å². The van der Waals surface area contributed by atoms with Gasteiger partial charge in [-0.1, -0.05) is 46.8 Å². The smallest absolute Gasteiger partial charge is 0.339 e. The van der Waals surface area contributed by atoms with Crippen molar-refractivity contribution >= 4 is 5.97 Å². The van der Waals surface area contributed by atoms with E-state index in [0.717, 1.165) is 12.0 Å². The molecule has 1 N–H and O–H groups in total. The summed E-state index contributed by atoms with van der Waals surface area (Å²) in [4.78, 5) is 11.3. The van der Waals surface area contributed by atoms with Gasteiger partial charge in [0.15, 0.2) is 0 Å². The van der Waals surface area contributed by atoms with Gasteiger partial charge in [0.25, 0.3) is 0 Å². The summed E-state index contributed by atoms with van der Waals surface area (Å²) in [6.07, 6.45) is 0.953. The minimum Gasteiger partial charge on any atom is -0.492 e. The van der Waals surface area contributed by atoms with Gasteiger partial charge in [0.2, 0.25) is 0 Å². The standard InChI is InChI=1S/C16H24O3/c1-6-11(2)12-8-7-9-13(15(17)18)14(12)19-10-16(3,4)5/h7-9,11H,6,10H2,1-5H3,(H,17,18). The maximum absolute atomic E-state index is 11.3. The van der Waals surface area contributed by atoms with Crippen LogP contribution in [0.5, 0.6) is 5.75 Å². The average molecular weight is 264 g/mol. The Kier molecular flexibility index (Phi) is 4.98. The molecule has 3 heteroatoms. The lowest BCUT2D eigenvalue weighted by atomic mass is 9.94. The van der Waals surface area contributed by atoms with Crippen LogP contribution in [0.25, 0.3) is 0 Å². The molecule has 0 radical (unpaired) electrons. The van der Waals surface area contributed by atoms with Gasteiger partial charge in [-0.25, -0.2) is 4.79 Å². The Balaban J connectivity index is 3.18. The first-order valence-corrected chi connectivity index (χ1v) is 6.75. The second-order valence-electron chi connectivity index (χ2n) is 6.19. The van der Waals surface area contributed by atoms with Gasteiger partial charge >= 0.3 is 5.97 Å². The van der Waals surface area contributed by atoms with Gasteiger partial charge in [0.1, 0.15) is 11.3 Å². The van der Waals surface area contributed by atoms with E-state index < -0.39 is 5.97 Å². The van der Waals surface area contributed by atoms with Crippen molar-refractivity contribution in [2.75, 3.05) is 6.61 Å². The van der Waals surface area contributed by atoms with Gasteiger partial charge in [-0.2, -0.15) is 0 Å². The molecule has 0 amide bonds. The predicted molar refractivity (Wildman–Crippen MR) is 77.1 cm³/mol. The highest BCUT2D eigenvalue weighted by Gasteiger charge is 2.20. The quantitative estimate of drug-likeness (QED) is 0.861. The van der Waals surface area contributed by atoms with Crippen molar-refractivity contribution in [2.45, 2.75) is 47.0 Å². The van der Waals surface area contributed by atoms with E-state index in [-0.39, 0.29) is 16.9 Å². The molecule has 3 nitrogen and oxygen atoms in total. The van der Waals surface area contributed by atoms with Crippen LogP contribution < -0.4 is 4.74 Å². The number of hydrogen-bond acceptors (Lipinski definition) is 2. The highest BCUT2D eigenvalue weighted by atomic mass is 16.5. The van der Waals surface area contributed by atoms with Crippen molar-refractivity contribution in [2.24, 2.45) is 5.41 Å². The van der Waals surface area contributed by atoms with Gasteiger partial charge in [-0.15, -0.1) is 0 Å². The van der Waals surface area contributed by atoms with Crippen molar-refractivity contribution in [1.82, 2.24) is 0 Å². The molecule has 0 aliphatic heterocycles. The fourth-order valence-electron chi connectivity index (χ4n) is 1.78. The number of hydrogen-bond donors (Lipinski definition) is 1. The number of rotatable bonds is 5. The zero-order valence-electron chi connectivity index (χ0n) is 12.5.